The second-order valence-electron chi connectivity index (χ2n) is 7.96. The van der Waals surface area contributed by atoms with E-state index in [1.807, 2.05) is 4.90 Å². The Morgan fingerprint density at radius 3 is 2.48 bits per heavy atom. The van der Waals surface area contributed by atoms with Crippen LogP contribution in [-0.2, 0) is 10.0 Å². The highest BCUT2D eigenvalue weighted by molar-refractivity contribution is 7.92. The second-order valence-corrected chi connectivity index (χ2v) is 9.61. The van der Waals surface area contributed by atoms with Crippen LogP contribution in [0.15, 0.2) is 47.4 Å². The van der Waals surface area contributed by atoms with Crippen molar-refractivity contribution in [1.29, 1.82) is 0 Å². The SMILES string of the molecule is O=C(NC1CCCC1)c1ccc(N2CCNCC2)c(NS(=O)(=O)c2ccccc2F)c1. The molecule has 1 aliphatic carbocycles. The van der Waals surface area contributed by atoms with Gasteiger partial charge in [0.15, 0.2) is 0 Å². The Kier molecular flexibility index (Phi) is 6.43. The monoisotopic (exact) mass is 446 g/mol. The number of carbonyl (C=O) groups is 1. The van der Waals surface area contributed by atoms with E-state index < -0.39 is 20.7 Å². The topological polar surface area (TPSA) is 90.5 Å². The number of nitrogens with zero attached hydrogens (tertiary/aromatic N) is 1. The third-order valence-electron chi connectivity index (χ3n) is 5.78. The van der Waals surface area contributed by atoms with Crippen LogP contribution >= 0.6 is 0 Å². The molecule has 1 saturated carbocycles. The Morgan fingerprint density at radius 1 is 1.06 bits per heavy atom. The van der Waals surface area contributed by atoms with Crippen molar-refractivity contribution < 1.29 is 17.6 Å². The summed E-state index contributed by atoms with van der Waals surface area (Å²) in [6.45, 7) is 2.93. The van der Waals surface area contributed by atoms with Crippen LogP contribution in [0.3, 0.4) is 0 Å². The number of hydrogen-bond donors (Lipinski definition) is 3. The van der Waals surface area contributed by atoms with Crippen molar-refractivity contribution in [3.05, 3.63) is 53.8 Å². The molecule has 2 aromatic rings. The zero-order chi connectivity index (χ0) is 21.8. The van der Waals surface area contributed by atoms with Crippen molar-refractivity contribution in [2.45, 2.75) is 36.6 Å². The molecular weight excluding hydrogens is 419 g/mol. The molecule has 3 N–H and O–H groups in total. The Hall–Kier alpha value is -2.65. The minimum atomic E-state index is -4.17. The normalized spacial score (nSPS) is 17.5. The smallest absolute Gasteiger partial charge is 0.264 e. The molecular formula is C22H27FN4O3S. The highest BCUT2D eigenvalue weighted by atomic mass is 32.2. The summed E-state index contributed by atoms with van der Waals surface area (Å²) in [5.74, 6) is -1.06. The van der Waals surface area contributed by atoms with Crippen LogP contribution in [0.4, 0.5) is 15.8 Å². The highest BCUT2D eigenvalue weighted by Gasteiger charge is 2.24. The number of sulfonamides is 1. The molecule has 1 aliphatic heterocycles. The van der Waals surface area contributed by atoms with Gasteiger partial charge in [-0.05, 0) is 43.2 Å². The third kappa shape index (κ3) is 4.99. The summed E-state index contributed by atoms with van der Waals surface area (Å²) in [5.41, 5.74) is 1.31. The van der Waals surface area contributed by atoms with Crippen LogP contribution in [0.5, 0.6) is 0 Å². The van der Waals surface area contributed by atoms with Gasteiger partial charge in [0.05, 0.1) is 11.4 Å². The number of anilines is 2. The lowest BCUT2D eigenvalue weighted by molar-refractivity contribution is 0.0938. The average Bonchev–Trinajstić information content (AvgIpc) is 3.27. The van der Waals surface area contributed by atoms with E-state index in [2.05, 4.69) is 15.4 Å². The van der Waals surface area contributed by atoms with Crippen molar-refractivity contribution in [1.82, 2.24) is 10.6 Å². The maximum atomic E-state index is 14.2. The summed E-state index contributed by atoms with van der Waals surface area (Å²) in [5, 5.41) is 6.29. The van der Waals surface area contributed by atoms with Gasteiger partial charge in [0.2, 0.25) is 0 Å². The first-order chi connectivity index (χ1) is 14.9. The molecule has 0 bridgehead atoms. The summed E-state index contributed by atoms with van der Waals surface area (Å²) in [4.78, 5) is 14.4. The van der Waals surface area contributed by atoms with Crippen LogP contribution in [-0.4, -0.2) is 46.5 Å². The first kappa shape index (κ1) is 21.6. The van der Waals surface area contributed by atoms with Crippen LogP contribution in [0, 0.1) is 5.82 Å². The van der Waals surface area contributed by atoms with Gasteiger partial charge in [-0.1, -0.05) is 25.0 Å². The minimum Gasteiger partial charge on any atom is -0.367 e. The number of nitrogens with one attached hydrogen (secondary N) is 3. The zero-order valence-corrected chi connectivity index (χ0v) is 18.1. The number of rotatable bonds is 6. The molecule has 4 rings (SSSR count). The number of hydrogen-bond acceptors (Lipinski definition) is 5. The van der Waals surface area contributed by atoms with E-state index >= 15 is 0 Å². The van der Waals surface area contributed by atoms with E-state index in [9.17, 15) is 17.6 Å². The molecule has 1 heterocycles. The molecule has 166 valence electrons. The van der Waals surface area contributed by atoms with Gasteiger partial charge in [-0.3, -0.25) is 9.52 Å². The van der Waals surface area contributed by atoms with Crippen molar-refractivity contribution in [2.24, 2.45) is 0 Å². The lowest BCUT2D eigenvalue weighted by Crippen LogP contribution is -2.43. The Bertz CT molecular complexity index is 1050. The lowest BCUT2D eigenvalue weighted by Gasteiger charge is -2.31. The van der Waals surface area contributed by atoms with Gasteiger partial charge in [0.25, 0.3) is 15.9 Å². The molecule has 0 unspecified atom stereocenters. The summed E-state index contributed by atoms with van der Waals surface area (Å²) < 4.78 is 42.6. The van der Waals surface area contributed by atoms with Gasteiger partial charge in [-0.25, -0.2) is 12.8 Å². The number of halogens is 1. The van der Waals surface area contributed by atoms with Gasteiger partial charge in [0.1, 0.15) is 10.7 Å². The fourth-order valence-electron chi connectivity index (χ4n) is 4.14. The van der Waals surface area contributed by atoms with E-state index in [0.29, 0.717) is 24.3 Å². The summed E-state index contributed by atoms with van der Waals surface area (Å²) in [6, 6.07) is 10.4. The standard InChI is InChI=1S/C22H27FN4O3S/c23-18-7-3-4-8-21(18)31(29,30)26-19-15-16(22(28)25-17-5-1-2-6-17)9-10-20(19)27-13-11-24-12-14-27/h3-4,7-10,15,17,24,26H,1-2,5-6,11-14H2,(H,25,28). The molecule has 0 radical (unpaired) electrons. The van der Waals surface area contributed by atoms with Gasteiger partial charge in [-0.2, -0.15) is 0 Å². The van der Waals surface area contributed by atoms with E-state index in [-0.39, 0.29) is 17.6 Å². The summed E-state index contributed by atoms with van der Waals surface area (Å²) in [7, 11) is -4.17. The molecule has 2 fully saturated rings. The van der Waals surface area contributed by atoms with Crippen molar-refractivity contribution in [3.63, 3.8) is 0 Å². The van der Waals surface area contributed by atoms with E-state index in [1.54, 1.807) is 18.2 Å². The molecule has 2 aliphatic rings. The second kappa shape index (κ2) is 9.23. The van der Waals surface area contributed by atoms with Crippen LogP contribution in [0.2, 0.25) is 0 Å². The van der Waals surface area contributed by atoms with Crippen LogP contribution in [0.1, 0.15) is 36.0 Å². The van der Waals surface area contributed by atoms with E-state index in [0.717, 1.165) is 44.8 Å². The Morgan fingerprint density at radius 2 is 1.77 bits per heavy atom. The summed E-state index contributed by atoms with van der Waals surface area (Å²) in [6.07, 6.45) is 4.11. The molecule has 1 amide bonds. The van der Waals surface area contributed by atoms with Gasteiger partial charge < -0.3 is 15.5 Å². The van der Waals surface area contributed by atoms with Crippen LogP contribution < -0.4 is 20.3 Å². The molecule has 0 spiro atoms. The van der Waals surface area contributed by atoms with Gasteiger partial charge in [0, 0.05) is 37.8 Å². The van der Waals surface area contributed by atoms with Crippen molar-refractivity contribution in [3.8, 4) is 0 Å². The first-order valence-electron chi connectivity index (χ1n) is 10.6. The molecule has 2 aromatic carbocycles. The van der Waals surface area contributed by atoms with E-state index in [4.69, 9.17) is 0 Å². The number of carbonyl (C=O) groups excluding carboxylic acids is 1. The fraction of sp³-hybridized carbons (Fsp3) is 0.409. The Labute approximate surface area is 182 Å². The van der Waals surface area contributed by atoms with Crippen molar-refractivity contribution in [2.75, 3.05) is 35.8 Å². The maximum absolute atomic E-state index is 14.2. The predicted octanol–water partition coefficient (Wildman–Crippen LogP) is 2.71. The quantitative estimate of drug-likeness (QED) is 0.635. The lowest BCUT2D eigenvalue weighted by atomic mass is 10.1. The highest BCUT2D eigenvalue weighted by Crippen LogP contribution is 2.31. The molecule has 0 aromatic heterocycles. The minimum absolute atomic E-state index is 0.152. The zero-order valence-electron chi connectivity index (χ0n) is 17.2. The number of piperazine rings is 1. The third-order valence-corrected chi connectivity index (χ3v) is 7.18. The molecule has 0 atom stereocenters. The molecule has 1 saturated heterocycles. The summed E-state index contributed by atoms with van der Waals surface area (Å²) >= 11 is 0. The van der Waals surface area contributed by atoms with Crippen LogP contribution in [0.25, 0.3) is 0 Å². The molecule has 7 nitrogen and oxygen atoms in total. The maximum Gasteiger partial charge on any atom is 0.264 e. The number of amides is 1. The molecule has 31 heavy (non-hydrogen) atoms. The van der Waals surface area contributed by atoms with Crippen molar-refractivity contribution >= 4 is 27.3 Å². The first-order valence-corrected chi connectivity index (χ1v) is 12.1. The number of benzene rings is 2. The predicted molar refractivity (Wildman–Crippen MR) is 118 cm³/mol. The Balaban J connectivity index is 1.66. The van der Waals surface area contributed by atoms with E-state index in [1.165, 1.54) is 18.2 Å². The van der Waals surface area contributed by atoms with Gasteiger partial charge in [-0.15, -0.1) is 0 Å². The largest absolute Gasteiger partial charge is 0.367 e. The van der Waals surface area contributed by atoms with Gasteiger partial charge >= 0.3 is 0 Å². The average molecular weight is 447 g/mol. The fourth-order valence-corrected chi connectivity index (χ4v) is 5.29. The molecule has 9 heteroatoms.